The number of rotatable bonds is 8. The van der Waals surface area contributed by atoms with Crippen molar-refractivity contribution in [3.63, 3.8) is 0 Å². The Hall–Kier alpha value is -2.66. The molecule has 0 unspecified atom stereocenters. The molecule has 1 heterocycles. The van der Waals surface area contributed by atoms with Crippen molar-refractivity contribution >= 4 is 40.9 Å². The van der Waals surface area contributed by atoms with E-state index in [1.165, 1.54) is 18.2 Å². The molecule has 13 heteroatoms. The molecule has 2 saturated carbocycles. The van der Waals surface area contributed by atoms with Crippen LogP contribution in [0.3, 0.4) is 0 Å². The summed E-state index contributed by atoms with van der Waals surface area (Å²) in [6, 6.07) is 3.51. The van der Waals surface area contributed by atoms with Gasteiger partial charge >= 0.3 is 12.1 Å². The monoisotopic (exact) mass is 577 g/mol. The molecular weight excluding hydrogens is 553 g/mol. The molecule has 0 aliphatic heterocycles. The molecule has 0 atom stereocenters. The first-order valence-corrected chi connectivity index (χ1v) is 12.7. The first kappa shape index (κ1) is 28.4. The fourth-order valence-electron chi connectivity index (χ4n) is 4.80. The Balaban J connectivity index is 1.66. The maximum absolute atomic E-state index is 14.8. The van der Waals surface area contributed by atoms with Crippen LogP contribution in [-0.2, 0) is 11.0 Å². The predicted molar refractivity (Wildman–Crippen MR) is 130 cm³/mol. The van der Waals surface area contributed by atoms with Crippen LogP contribution in [0.1, 0.15) is 77.9 Å². The van der Waals surface area contributed by atoms with E-state index >= 15 is 0 Å². The zero-order valence-corrected chi connectivity index (χ0v) is 21.8. The molecule has 206 valence electrons. The summed E-state index contributed by atoms with van der Waals surface area (Å²) in [6.07, 6.45) is -3.52. The molecule has 2 aromatic rings. The molecule has 1 aromatic heterocycles. The van der Waals surface area contributed by atoms with Gasteiger partial charge in [0.05, 0.1) is 51.9 Å². The van der Waals surface area contributed by atoms with Crippen LogP contribution in [0.5, 0.6) is 0 Å². The van der Waals surface area contributed by atoms with Crippen LogP contribution >= 0.6 is 23.2 Å². The van der Waals surface area contributed by atoms with Crippen LogP contribution in [-0.4, -0.2) is 56.2 Å². The number of aromatic nitrogens is 2. The highest BCUT2D eigenvalue weighted by Gasteiger charge is 2.48. The highest BCUT2D eigenvalue weighted by molar-refractivity contribution is 6.40. The summed E-state index contributed by atoms with van der Waals surface area (Å²) in [5.41, 5.74) is -5.11. The van der Waals surface area contributed by atoms with Gasteiger partial charge in [0.25, 0.3) is 5.91 Å². The number of amides is 1. The van der Waals surface area contributed by atoms with Crippen LogP contribution in [0.4, 0.5) is 17.6 Å². The van der Waals surface area contributed by atoms with Gasteiger partial charge in [-0.2, -0.15) is 18.3 Å². The van der Waals surface area contributed by atoms with Crippen molar-refractivity contribution < 1.29 is 37.1 Å². The molecule has 0 spiro atoms. The summed E-state index contributed by atoms with van der Waals surface area (Å²) in [5, 5.41) is 13.3. The number of carbonyl (C=O) groups excluding carboxylic acids is 2. The van der Waals surface area contributed by atoms with Gasteiger partial charge in [-0.3, -0.25) is 19.1 Å². The first-order chi connectivity index (χ1) is 17.7. The lowest BCUT2D eigenvalue weighted by Crippen LogP contribution is -2.41. The SMILES string of the molecule is CC1(C(=O)O)CCC(n2ncc(C(=O)N(CC(=O)c3c(Cl)cccc3Cl)CC3(F)CC3)c2C(F)(F)F)CC1. The Morgan fingerprint density at radius 2 is 1.71 bits per heavy atom. The van der Waals surface area contributed by atoms with Gasteiger partial charge in [0.15, 0.2) is 11.5 Å². The second kappa shape index (κ2) is 10.1. The minimum Gasteiger partial charge on any atom is -0.481 e. The standard InChI is InChI=1S/C25H25Cl2F4N3O4/c1-23(22(37)38)7-5-14(6-8-23)34-20(25(29,30)31)15(11-32-34)21(36)33(13-24(28)9-10-24)12-18(35)19-16(26)3-2-4-17(19)27/h2-4,11,14H,5-10,12-13H2,1H3,(H,37,38). The molecule has 4 rings (SSSR count). The summed E-state index contributed by atoms with van der Waals surface area (Å²) in [5.74, 6) is -2.97. The van der Waals surface area contributed by atoms with Crippen LogP contribution in [0, 0.1) is 5.41 Å². The largest absolute Gasteiger partial charge is 0.481 e. The number of ketones is 1. The smallest absolute Gasteiger partial charge is 0.433 e. The lowest BCUT2D eigenvalue weighted by atomic mass is 9.74. The van der Waals surface area contributed by atoms with Gasteiger partial charge in [0.1, 0.15) is 5.67 Å². The number of alkyl halides is 4. The normalized spacial score (nSPS) is 22.7. The maximum Gasteiger partial charge on any atom is 0.433 e. The lowest BCUT2D eigenvalue weighted by Gasteiger charge is -2.34. The van der Waals surface area contributed by atoms with Crippen LogP contribution in [0.25, 0.3) is 0 Å². The highest BCUT2D eigenvalue weighted by atomic mass is 35.5. The Morgan fingerprint density at radius 3 is 2.21 bits per heavy atom. The van der Waals surface area contributed by atoms with Crippen molar-refractivity contribution in [1.29, 1.82) is 0 Å². The fourth-order valence-corrected chi connectivity index (χ4v) is 5.41. The molecule has 7 nitrogen and oxygen atoms in total. The van der Waals surface area contributed by atoms with Gasteiger partial charge < -0.3 is 10.0 Å². The minimum absolute atomic E-state index is 0.00857. The average molecular weight is 578 g/mol. The number of hydrogen-bond acceptors (Lipinski definition) is 4. The zero-order valence-electron chi connectivity index (χ0n) is 20.3. The summed E-state index contributed by atoms with van der Waals surface area (Å²) in [7, 11) is 0. The molecule has 0 saturated heterocycles. The topological polar surface area (TPSA) is 92.5 Å². The van der Waals surface area contributed by atoms with E-state index in [9.17, 15) is 37.1 Å². The van der Waals surface area contributed by atoms with Crippen molar-refractivity contribution in [2.75, 3.05) is 13.1 Å². The average Bonchev–Trinajstić information content (AvgIpc) is 3.37. The molecule has 0 bridgehead atoms. The number of carbonyl (C=O) groups is 3. The number of carboxylic acid groups (broad SMARTS) is 1. The number of nitrogens with zero attached hydrogens (tertiary/aromatic N) is 3. The quantitative estimate of drug-likeness (QED) is 0.296. The van der Waals surface area contributed by atoms with Gasteiger partial charge in [-0.1, -0.05) is 29.3 Å². The second-order valence-corrected chi connectivity index (χ2v) is 11.1. The summed E-state index contributed by atoms with van der Waals surface area (Å²) in [4.78, 5) is 38.7. The van der Waals surface area contributed by atoms with Crippen LogP contribution < -0.4 is 0 Å². The third kappa shape index (κ3) is 5.68. The molecule has 0 radical (unpaired) electrons. The summed E-state index contributed by atoms with van der Waals surface area (Å²) in [6.45, 7) is 0.221. The number of aliphatic carboxylic acids is 1. The lowest BCUT2D eigenvalue weighted by molar-refractivity contribution is -0.152. The van der Waals surface area contributed by atoms with E-state index in [1.54, 1.807) is 6.92 Å². The van der Waals surface area contributed by atoms with Crippen LogP contribution in [0.2, 0.25) is 10.0 Å². The summed E-state index contributed by atoms with van der Waals surface area (Å²) >= 11 is 12.2. The van der Waals surface area contributed by atoms with E-state index in [0.717, 1.165) is 11.1 Å². The van der Waals surface area contributed by atoms with Gasteiger partial charge in [-0.15, -0.1) is 0 Å². The molecule has 1 amide bonds. The van der Waals surface area contributed by atoms with E-state index in [1.807, 2.05) is 0 Å². The Bertz CT molecular complexity index is 1250. The molecule has 1 N–H and O–H groups in total. The molecule has 1 aromatic carbocycles. The predicted octanol–water partition coefficient (Wildman–Crippen LogP) is 6.24. The molecular formula is C25H25Cl2F4N3O4. The Kier molecular flexibility index (Phi) is 7.57. The van der Waals surface area contributed by atoms with Crippen molar-refractivity contribution in [1.82, 2.24) is 14.7 Å². The Labute approximate surface area is 225 Å². The van der Waals surface area contributed by atoms with Crippen molar-refractivity contribution in [3.8, 4) is 0 Å². The second-order valence-electron chi connectivity index (χ2n) is 10.3. The molecule has 38 heavy (non-hydrogen) atoms. The van der Waals surface area contributed by atoms with E-state index in [4.69, 9.17) is 23.2 Å². The minimum atomic E-state index is -5.00. The van der Waals surface area contributed by atoms with Crippen molar-refractivity contribution in [2.24, 2.45) is 5.41 Å². The molecule has 2 fully saturated rings. The highest BCUT2D eigenvalue weighted by Crippen LogP contribution is 2.44. The van der Waals surface area contributed by atoms with E-state index in [-0.39, 0.29) is 54.1 Å². The zero-order chi connectivity index (χ0) is 28.0. The van der Waals surface area contributed by atoms with E-state index < -0.39 is 65.3 Å². The summed E-state index contributed by atoms with van der Waals surface area (Å²) < 4.78 is 58.3. The van der Waals surface area contributed by atoms with Crippen molar-refractivity contribution in [2.45, 2.75) is 63.3 Å². The van der Waals surface area contributed by atoms with Gasteiger partial charge in [0, 0.05) is 0 Å². The maximum atomic E-state index is 14.8. The van der Waals surface area contributed by atoms with E-state index in [2.05, 4.69) is 5.10 Å². The van der Waals surface area contributed by atoms with Gasteiger partial charge in [-0.25, -0.2) is 4.39 Å². The third-order valence-corrected chi connectivity index (χ3v) is 7.98. The number of benzene rings is 1. The van der Waals surface area contributed by atoms with Gasteiger partial charge in [0.2, 0.25) is 0 Å². The van der Waals surface area contributed by atoms with Gasteiger partial charge in [-0.05, 0) is 57.6 Å². The molecule has 2 aliphatic carbocycles. The number of Topliss-reactive ketones (excluding diaryl/α,β-unsaturated/α-hetero) is 1. The third-order valence-electron chi connectivity index (χ3n) is 7.35. The number of hydrogen-bond donors (Lipinski definition) is 1. The fraction of sp³-hybridized carbons (Fsp3) is 0.520. The van der Waals surface area contributed by atoms with Crippen LogP contribution in [0.15, 0.2) is 24.4 Å². The first-order valence-electron chi connectivity index (χ1n) is 12.0. The molecule has 2 aliphatic rings. The number of halogens is 6. The van der Waals surface area contributed by atoms with E-state index in [0.29, 0.717) is 4.68 Å². The van der Waals surface area contributed by atoms with Crippen molar-refractivity contribution in [3.05, 3.63) is 51.3 Å². The number of carboxylic acids is 1. The Morgan fingerprint density at radius 1 is 1.13 bits per heavy atom.